The Morgan fingerprint density at radius 2 is 1.85 bits per heavy atom. The van der Waals surface area contributed by atoms with Crippen LogP contribution in [0, 0.1) is 0 Å². The van der Waals surface area contributed by atoms with E-state index in [1.807, 2.05) is 4.90 Å². The minimum absolute atomic E-state index is 0.0257. The van der Waals surface area contributed by atoms with Gasteiger partial charge in [-0.1, -0.05) is 0 Å². The second-order valence-corrected chi connectivity index (χ2v) is 10.3. The van der Waals surface area contributed by atoms with Gasteiger partial charge < -0.3 is 24.7 Å². The maximum Gasteiger partial charge on any atom is 0.418 e. The summed E-state index contributed by atoms with van der Waals surface area (Å²) in [5.41, 5.74) is 0.802. The molecule has 1 aliphatic carbocycles. The van der Waals surface area contributed by atoms with Crippen LogP contribution in [0.3, 0.4) is 0 Å². The fourth-order valence-corrected chi connectivity index (χ4v) is 5.60. The highest BCUT2D eigenvalue weighted by atomic mass is 19.4. The van der Waals surface area contributed by atoms with Crippen molar-refractivity contribution >= 4 is 28.6 Å². The Morgan fingerprint density at radius 3 is 2.51 bits per heavy atom. The molecule has 1 saturated carbocycles. The van der Waals surface area contributed by atoms with Gasteiger partial charge in [0, 0.05) is 49.9 Å². The van der Waals surface area contributed by atoms with E-state index in [-0.39, 0.29) is 28.8 Å². The molecule has 1 amide bonds. The van der Waals surface area contributed by atoms with E-state index < -0.39 is 11.7 Å². The molecule has 0 spiro atoms. The Bertz CT molecular complexity index is 1360. The number of H-pyrrole nitrogens is 1. The standard InChI is InChI=1S/C27H31F3N6O3/c1-38-21-14-17(25(37)36-8-6-18(7-9-36)35-10-12-39-13-11-35)4-5-20(21)32-26-33-23(16-2-3-16)22-19(27(28,29)30)15-31-24(22)34-26/h4-5,14-16,18H,2-3,6-13H2,1H3,(H2,31,32,33,34). The molecule has 6 rings (SSSR count). The smallest absolute Gasteiger partial charge is 0.418 e. The number of carbonyl (C=O) groups excluding carboxylic acids is 1. The molecule has 1 aromatic carbocycles. The van der Waals surface area contributed by atoms with E-state index in [1.165, 1.54) is 7.11 Å². The normalized spacial score (nSPS) is 19.4. The van der Waals surface area contributed by atoms with Crippen LogP contribution in [0.2, 0.25) is 0 Å². The molecule has 0 atom stereocenters. The van der Waals surface area contributed by atoms with Crippen LogP contribution in [0.25, 0.3) is 11.0 Å². The number of carbonyl (C=O) groups is 1. The van der Waals surface area contributed by atoms with Crippen molar-refractivity contribution in [3.63, 3.8) is 0 Å². The quantitative estimate of drug-likeness (QED) is 0.470. The number of piperidine rings is 1. The molecule has 3 fully saturated rings. The lowest BCUT2D eigenvalue weighted by molar-refractivity contribution is -0.136. The molecular weight excluding hydrogens is 513 g/mol. The van der Waals surface area contributed by atoms with Gasteiger partial charge in [-0.15, -0.1) is 0 Å². The zero-order chi connectivity index (χ0) is 27.1. The number of methoxy groups -OCH3 is 1. The van der Waals surface area contributed by atoms with Crippen molar-refractivity contribution in [1.29, 1.82) is 0 Å². The lowest BCUT2D eigenvalue weighted by Crippen LogP contribution is -2.50. The van der Waals surface area contributed by atoms with Crippen LogP contribution in [0.1, 0.15) is 53.2 Å². The molecule has 2 aliphatic heterocycles. The van der Waals surface area contributed by atoms with Crippen LogP contribution >= 0.6 is 0 Å². The summed E-state index contributed by atoms with van der Waals surface area (Å²) >= 11 is 0. The van der Waals surface area contributed by atoms with Gasteiger partial charge in [-0.3, -0.25) is 9.69 Å². The Labute approximate surface area is 223 Å². The third-order valence-electron chi connectivity index (χ3n) is 7.84. The van der Waals surface area contributed by atoms with Crippen molar-refractivity contribution in [1.82, 2.24) is 24.8 Å². The van der Waals surface area contributed by atoms with Gasteiger partial charge in [0.15, 0.2) is 0 Å². The highest BCUT2D eigenvalue weighted by Crippen LogP contribution is 2.46. The summed E-state index contributed by atoms with van der Waals surface area (Å²) in [5, 5.41) is 3.11. The van der Waals surface area contributed by atoms with Gasteiger partial charge in [0.05, 0.1) is 42.7 Å². The molecule has 0 unspecified atom stereocenters. The average Bonchev–Trinajstić information content (AvgIpc) is 3.70. The Balaban J connectivity index is 1.19. The van der Waals surface area contributed by atoms with Crippen molar-refractivity contribution in [2.24, 2.45) is 0 Å². The molecule has 4 heterocycles. The number of morpholine rings is 1. The number of anilines is 2. The van der Waals surface area contributed by atoms with E-state index in [2.05, 4.69) is 25.2 Å². The van der Waals surface area contributed by atoms with E-state index >= 15 is 0 Å². The molecule has 0 bridgehead atoms. The van der Waals surface area contributed by atoms with Gasteiger partial charge in [-0.25, -0.2) is 4.98 Å². The lowest BCUT2D eigenvalue weighted by atomic mass is 10.0. The molecule has 2 aromatic heterocycles. The Kier molecular flexibility index (Phi) is 6.84. The number of aromatic amines is 1. The Hall–Kier alpha value is -3.38. The summed E-state index contributed by atoms with van der Waals surface area (Å²) in [4.78, 5) is 29.0. The summed E-state index contributed by atoms with van der Waals surface area (Å²) in [6.07, 6.45) is -0.111. The van der Waals surface area contributed by atoms with Crippen LogP contribution in [0.15, 0.2) is 24.4 Å². The SMILES string of the molecule is COc1cc(C(=O)N2CCC(N3CCOCC3)CC2)ccc1Nc1nc(C2CC2)c2c(C(F)(F)F)c[nH]c2n1. The predicted octanol–water partition coefficient (Wildman–Crippen LogP) is 4.54. The van der Waals surface area contributed by atoms with Crippen LogP contribution in [-0.2, 0) is 10.9 Å². The fourth-order valence-electron chi connectivity index (χ4n) is 5.60. The number of hydrogen-bond acceptors (Lipinski definition) is 7. The maximum atomic E-state index is 13.6. The van der Waals surface area contributed by atoms with Gasteiger partial charge in [-0.05, 0) is 43.9 Å². The molecule has 0 radical (unpaired) electrons. The Morgan fingerprint density at radius 1 is 1.10 bits per heavy atom. The number of alkyl halides is 3. The van der Waals surface area contributed by atoms with Gasteiger partial charge in [-0.2, -0.15) is 18.2 Å². The molecule has 2 saturated heterocycles. The number of amides is 1. The summed E-state index contributed by atoms with van der Waals surface area (Å²) < 4.78 is 51.7. The van der Waals surface area contributed by atoms with Crippen molar-refractivity contribution in [3.8, 4) is 5.75 Å². The second-order valence-electron chi connectivity index (χ2n) is 10.3. The number of rotatable bonds is 6. The van der Waals surface area contributed by atoms with E-state index in [0.29, 0.717) is 41.8 Å². The van der Waals surface area contributed by atoms with Crippen LogP contribution in [0.4, 0.5) is 24.8 Å². The summed E-state index contributed by atoms with van der Waals surface area (Å²) in [7, 11) is 1.50. The number of likely N-dealkylation sites (tertiary alicyclic amines) is 1. The molecule has 12 heteroatoms. The van der Waals surface area contributed by atoms with Gasteiger partial charge >= 0.3 is 6.18 Å². The zero-order valence-electron chi connectivity index (χ0n) is 21.7. The highest BCUT2D eigenvalue weighted by molar-refractivity contribution is 5.95. The minimum atomic E-state index is -4.50. The van der Waals surface area contributed by atoms with Crippen LogP contribution < -0.4 is 10.1 Å². The molecular formula is C27H31F3N6O3. The summed E-state index contributed by atoms with van der Waals surface area (Å²) in [5.74, 6) is 0.507. The number of hydrogen-bond donors (Lipinski definition) is 2. The molecule has 3 aliphatic rings. The van der Waals surface area contributed by atoms with Crippen LogP contribution in [-0.4, -0.2) is 83.2 Å². The van der Waals surface area contributed by atoms with Gasteiger partial charge in [0.1, 0.15) is 11.4 Å². The topological polar surface area (TPSA) is 95.6 Å². The van der Waals surface area contributed by atoms with Crippen molar-refractivity contribution in [2.75, 3.05) is 51.8 Å². The first-order chi connectivity index (χ1) is 18.8. The lowest BCUT2D eigenvalue weighted by Gasteiger charge is -2.40. The second kappa shape index (κ2) is 10.3. The third kappa shape index (κ3) is 5.27. The number of aromatic nitrogens is 3. The average molecular weight is 545 g/mol. The largest absolute Gasteiger partial charge is 0.495 e. The molecule has 2 N–H and O–H groups in total. The molecule has 9 nitrogen and oxygen atoms in total. The van der Waals surface area contributed by atoms with Gasteiger partial charge in [0.2, 0.25) is 5.95 Å². The van der Waals surface area contributed by atoms with E-state index in [9.17, 15) is 18.0 Å². The molecule has 3 aromatic rings. The van der Waals surface area contributed by atoms with Crippen LogP contribution in [0.5, 0.6) is 5.75 Å². The predicted molar refractivity (Wildman–Crippen MR) is 138 cm³/mol. The number of halogens is 3. The first-order valence-corrected chi connectivity index (χ1v) is 13.3. The van der Waals surface area contributed by atoms with E-state index in [4.69, 9.17) is 9.47 Å². The summed E-state index contributed by atoms with van der Waals surface area (Å²) in [6.45, 7) is 4.79. The zero-order valence-corrected chi connectivity index (χ0v) is 21.7. The fraction of sp³-hybridized carbons (Fsp3) is 0.519. The number of fused-ring (bicyclic) bond motifs is 1. The van der Waals surface area contributed by atoms with E-state index in [0.717, 1.165) is 58.2 Å². The highest BCUT2D eigenvalue weighted by Gasteiger charge is 2.38. The van der Waals surface area contributed by atoms with Gasteiger partial charge in [0.25, 0.3) is 5.91 Å². The summed E-state index contributed by atoms with van der Waals surface area (Å²) in [6, 6.07) is 5.59. The first-order valence-electron chi connectivity index (χ1n) is 13.3. The number of ether oxygens (including phenoxy) is 2. The number of benzene rings is 1. The first kappa shape index (κ1) is 25.9. The molecule has 39 heavy (non-hydrogen) atoms. The monoisotopic (exact) mass is 544 g/mol. The number of nitrogens with one attached hydrogen (secondary N) is 2. The molecule has 208 valence electrons. The minimum Gasteiger partial charge on any atom is -0.495 e. The third-order valence-corrected chi connectivity index (χ3v) is 7.84. The van der Waals surface area contributed by atoms with E-state index in [1.54, 1.807) is 18.2 Å². The maximum absolute atomic E-state index is 13.6. The van der Waals surface area contributed by atoms with Crippen molar-refractivity contribution in [2.45, 2.75) is 43.8 Å². The van der Waals surface area contributed by atoms with Crippen molar-refractivity contribution < 1.29 is 27.4 Å². The number of nitrogens with zero attached hydrogens (tertiary/aromatic N) is 4. The van der Waals surface area contributed by atoms with Crippen molar-refractivity contribution in [3.05, 3.63) is 41.2 Å².